The van der Waals surface area contributed by atoms with Gasteiger partial charge in [-0.3, -0.25) is 9.89 Å². The lowest BCUT2D eigenvalue weighted by molar-refractivity contribution is -0.0373. The number of nitrogens with zero attached hydrogens (tertiary/aromatic N) is 3. The molecule has 6 heteroatoms. The molecule has 4 heterocycles. The molecule has 0 aliphatic carbocycles. The van der Waals surface area contributed by atoms with E-state index in [9.17, 15) is 0 Å². The third kappa shape index (κ3) is 4.49. The topological polar surface area (TPSA) is 49.3 Å². The molecule has 1 atom stereocenters. The second-order valence-electron chi connectivity index (χ2n) is 9.38. The molecule has 0 radical (unpaired) electrons. The standard InChI is InChI=1S/C22H40N4O2/c1-2-23-20(25-11-5-7-21(18-25)8-6-14-28-19-21)24-17-22(9-15-27-16-10-22)26-12-3-4-13-26/h2-19H2,1H3,(H,23,24). The number of hydrogen-bond acceptors (Lipinski definition) is 4. The predicted octanol–water partition coefficient (Wildman–Crippen LogP) is 2.49. The molecule has 1 N–H and O–H groups in total. The Balaban J connectivity index is 1.48. The fraction of sp³-hybridized carbons (Fsp3) is 0.955. The van der Waals surface area contributed by atoms with Crippen molar-refractivity contribution in [3.63, 3.8) is 0 Å². The molecule has 4 aliphatic rings. The molecule has 0 bridgehead atoms. The van der Waals surface area contributed by atoms with Gasteiger partial charge >= 0.3 is 0 Å². The van der Waals surface area contributed by atoms with Gasteiger partial charge in [0, 0.05) is 50.4 Å². The second kappa shape index (κ2) is 9.31. The molecule has 0 saturated carbocycles. The highest BCUT2D eigenvalue weighted by molar-refractivity contribution is 5.80. The molecule has 4 fully saturated rings. The van der Waals surface area contributed by atoms with Crippen molar-refractivity contribution in [2.45, 2.75) is 63.8 Å². The van der Waals surface area contributed by atoms with Gasteiger partial charge < -0.3 is 19.7 Å². The van der Waals surface area contributed by atoms with Gasteiger partial charge in [0.05, 0.1) is 13.2 Å². The Hall–Kier alpha value is -0.850. The fourth-order valence-corrected chi connectivity index (χ4v) is 5.79. The monoisotopic (exact) mass is 392 g/mol. The van der Waals surface area contributed by atoms with Crippen molar-refractivity contribution in [2.24, 2.45) is 10.4 Å². The van der Waals surface area contributed by atoms with Crippen LogP contribution in [0.1, 0.15) is 58.3 Å². The fourth-order valence-electron chi connectivity index (χ4n) is 5.79. The highest BCUT2D eigenvalue weighted by Gasteiger charge is 2.41. The van der Waals surface area contributed by atoms with Crippen molar-refractivity contribution in [2.75, 3.05) is 65.7 Å². The van der Waals surface area contributed by atoms with Crippen LogP contribution in [0.25, 0.3) is 0 Å². The van der Waals surface area contributed by atoms with E-state index >= 15 is 0 Å². The summed E-state index contributed by atoms with van der Waals surface area (Å²) in [4.78, 5) is 10.5. The maximum absolute atomic E-state index is 5.88. The Kier molecular flexibility index (Phi) is 6.79. The van der Waals surface area contributed by atoms with Crippen LogP contribution in [0.3, 0.4) is 0 Å². The average molecular weight is 393 g/mol. The zero-order valence-corrected chi connectivity index (χ0v) is 17.9. The van der Waals surface area contributed by atoms with Gasteiger partial charge in [-0.05, 0) is 71.4 Å². The molecule has 1 unspecified atom stereocenters. The number of hydrogen-bond donors (Lipinski definition) is 1. The number of guanidine groups is 1. The summed E-state index contributed by atoms with van der Waals surface area (Å²) in [6.07, 6.45) is 9.97. The van der Waals surface area contributed by atoms with Gasteiger partial charge in [-0.15, -0.1) is 0 Å². The zero-order chi connectivity index (χ0) is 19.3. The van der Waals surface area contributed by atoms with E-state index in [1.54, 1.807) is 0 Å². The Bertz CT molecular complexity index is 515. The molecular weight excluding hydrogens is 352 g/mol. The van der Waals surface area contributed by atoms with E-state index in [0.29, 0.717) is 5.41 Å². The quantitative estimate of drug-likeness (QED) is 0.588. The first-order chi connectivity index (χ1) is 13.8. The van der Waals surface area contributed by atoms with Crippen LogP contribution in [0.15, 0.2) is 4.99 Å². The van der Waals surface area contributed by atoms with Crippen LogP contribution >= 0.6 is 0 Å². The highest BCUT2D eigenvalue weighted by atomic mass is 16.5. The van der Waals surface area contributed by atoms with Gasteiger partial charge in [0.25, 0.3) is 0 Å². The molecule has 0 aromatic carbocycles. The summed E-state index contributed by atoms with van der Waals surface area (Å²) in [6.45, 7) is 12.3. The summed E-state index contributed by atoms with van der Waals surface area (Å²) in [5, 5.41) is 3.61. The van der Waals surface area contributed by atoms with E-state index < -0.39 is 0 Å². The van der Waals surface area contributed by atoms with Crippen molar-refractivity contribution in [1.29, 1.82) is 0 Å². The van der Waals surface area contributed by atoms with E-state index in [1.807, 2.05) is 0 Å². The minimum Gasteiger partial charge on any atom is -0.381 e. The summed E-state index contributed by atoms with van der Waals surface area (Å²) in [7, 11) is 0. The van der Waals surface area contributed by atoms with Crippen LogP contribution in [-0.2, 0) is 9.47 Å². The smallest absolute Gasteiger partial charge is 0.194 e. The molecule has 4 rings (SSSR count). The van der Waals surface area contributed by atoms with Crippen LogP contribution in [0.4, 0.5) is 0 Å². The highest BCUT2D eigenvalue weighted by Crippen LogP contribution is 2.38. The van der Waals surface area contributed by atoms with Crippen molar-refractivity contribution in [1.82, 2.24) is 15.1 Å². The molecule has 0 amide bonds. The minimum atomic E-state index is 0.205. The maximum atomic E-state index is 5.88. The van der Waals surface area contributed by atoms with Gasteiger partial charge in [0.2, 0.25) is 0 Å². The van der Waals surface area contributed by atoms with Crippen molar-refractivity contribution >= 4 is 5.96 Å². The predicted molar refractivity (Wildman–Crippen MR) is 113 cm³/mol. The molecule has 28 heavy (non-hydrogen) atoms. The van der Waals surface area contributed by atoms with Crippen LogP contribution in [-0.4, -0.2) is 87.0 Å². The summed E-state index contributed by atoms with van der Waals surface area (Å²) in [6, 6.07) is 0. The van der Waals surface area contributed by atoms with E-state index in [4.69, 9.17) is 14.5 Å². The summed E-state index contributed by atoms with van der Waals surface area (Å²) < 4.78 is 11.6. The van der Waals surface area contributed by atoms with Gasteiger partial charge in [0.15, 0.2) is 5.96 Å². The van der Waals surface area contributed by atoms with Crippen molar-refractivity contribution < 1.29 is 9.47 Å². The van der Waals surface area contributed by atoms with Crippen LogP contribution in [0.2, 0.25) is 0 Å². The summed E-state index contributed by atoms with van der Waals surface area (Å²) in [5.74, 6) is 1.12. The molecule has 160 valence electrons. The lowest BCUT2D eigenvalue weighted by atomic mass is 9.76. The largest absolute Gasteiger partial charge is 0.381 e. The van der Waals surface area contributed by atoms with Gasteiger partial charge in [-0.1, -0.05) is 0 Å². The first-order valence-electron chi connectivity index (χ1n) is 11.7. The van der Waals surface area contributed by atoms with Gasteiger partial charge in [-0.2, -0.15) is 0 Å². The number of nitrogens with one attached hydrogen (secondary N) is 1. The van der Waals surface area contributed by atoms with E-state index in [-0.39, 0.29) is 5.54 Å². The van der Waals surface area contributed by atoms with Crippen molar-refractivity contribution in [3.8, 4) is 0 Å². The molecule has 4 saturated heterocycles. The average Bonchev–Trinajstić information content (AvgIpc) is 3.28. The third-order valence-electron chi connectivity index (χ3n) is 7.42. The third-order valence-corrected chi connectivity index (χ3v) is 7.42. The number of piperidine rings is 1. The summed E-state index contributed by atoms with van der Waals surface area (Å²) >= 11 is 0. The Morgan fingerprint density at radius 2 is 1.71 bits per heavy atom. The molecule has 6 nitrogen and oxygen atoms in total. The first kappa shape index (κ1) is 20.4. The number of likely N-dealkylation sites (tertiary alicyclic amines) is 2. The number of aliphatic imine (C=N–C) groups is 1. The van der Waals surface area contributed by atoms with Gasteiger partial charge in [-0.25, -0.2) is 0 Å². The Labute approximate surface area is 171 Å². The maximum Gasteiger partial charge on any atom is 0.194 e. The molecule has 4 aliphatic heterocycles. The molecule has 1 spiro atoms. The lowest BCUT2D eigenvalue weighted by Crippen LogP contribution is -2.55. The van der Waals surface area contributed by atoms with Crippen LogP contribution < -0.4 is 5.32 Å². The number of ether oxygens (including phenoxy) is 2. The lowest BCUT2D eigenvalue weighted by Gasteiger charge is -2.46. The van der Waals surface area contributed by atoms with Gasteiger partial charge in [0.1, 0.15) is 0 Å². The van der Waals surface area contributed by atoms with E-state index in [0.717, 1.165) is 71.4 Å². The summed E-state index contributed by atoms with van der Waals surface area (Å²) in [5.41, 5.74) is 0.550. The Morgan fingerprint density at radius 3 is 2.43 bits per heavy atom. The zero-order valence-electron chi connectivity index (χ0n) is 17.9. The SMILES string of the molecule is CCNC(=NCC1(N2CCCC2)CCOCC1)N1CCCC2(CCCOC2)C1. The van der Waals surface area contributed by atoms with E-state index in [2.05, 4.69) is 22.0 Å². The van der Waals surface area contributed by atoms with Crippen LogP contribution in [0.5, 0.6) is 0 Å². The van der Waals surface area contributed by atoms with Crippen LogP contribution in [0, 0.1) is 5.41 Å². The molecular formula is C22H40N4O2. The number of rotatable bonds is 4. The normalized spacial score (nSPS) is 32.0. The second-order valence-corrected chi connectivity index (χ2v) is 9.38. The van der Waals surface area contributed by atoms with E-state index in [1.165, 1.54) is 51.6 Å². The van der Waals surface area contributed by atoms with Crippen molar-refractivity contribution in [3.05, 3.63) is 0 Å². The minimum absolute atomic E-state index is 0.205. The molecule has 0 aromatic rings. The Morgan fingerprint density at radius 1 is 0.929 bits per heavy atom. The molecule has 0 aromatic heterocycles. The first-order valence-corrected chi connectivity index (χ1v) is 11.7.